The zero-order chi connectivity index (χ0) is 14.1. The lowest BCUT2D eigenvalue weighted by atomic mass is 10.1. The van der Waals surface area contributed by atoms with E-state index in [1.54, 1.807) is 0 Å². The lowest BCUT2D eigenvalue weighted by Gasteiger charge is -2.46. The Bertz CT molecular complexity index is 447. The highest BCUT2D eigenvalue weighted by molar-refractivity contribution is 6.05. The van der Waals surface area contributed by atoms with Gasteiger partial charge in [-0.1, -0.05) is 13.8 Å². The van der Waals surface area contributed by atoms with E-state index in [2.05, 4.69) is 28.7 Å². The van der Waals surface area contributed by atoms with Gasteiger partial charge in [-0.3, -0.25) is 14.8 Å². The summed E-state index contributed by atoms with van der Waals surface area (Å²) >= 11 is 0. The predicted octanol–water partition coefficient (Wildman–Crippen LogP) is 1.38. The second kappa shape index (κ2) is 5.42. The van der Waals surface area contributed by atoms with Gasteiger partial charge in [0.25, 0.3) is 0 Å². The van der Waals surface area contributed by atoms with Gasteiger partial charge in [0, 0.05) is 26.2 Å². The molecule has 0 aliphatic carbocycles. The van der Waals surface area contributed by atoms with E-state index in [4.69, 9.17) is 0 Å². The Kier molecular flexibility index (Phi) is 3.63. The summed E-state index contributed by atoms with van der Waals surface area (Å²) in [7, 11) is 0. The van der Waals surface area contributed by atoms with Crippen molar-refractivity contribution in [3.63, 3.8) is 0 Å². The molecule has 3 aliphatic heterocycles. The van der Waals surface area contributed by atoms with Crippen molar-refractivity contribution in [2.45, 2.75) is 45.3 Å². The summed E-state index contributed by atoms with van der Waals surface area (Å²) in [6, 6.07) is 0.210. The van der Waals surface area contributed by atoms with E-state index >= 15 is 0 Å². The average molecular weight is 277 g/mol. The van der Waals surface area contributed by atoms with Crippen LogP contribution in [0.25, 0.3) is 0 Å². The van der Waals surface area contributed by atoms with Crippen LogP contribution in [0.1, 0.15) is 33.1 Å². The van der Waals surface area contributed by atoms with E-state index in [0.29, 0.717) is 0 Å². The summed E-state index contributed by atoms with van der Waals surface area (Å²) in [5.41, 5.74) is 0. The molecular weight excluding hydrogens is 254 g/mol. The normalized spacial score (nSPS) is 28.6. The van der Waals surface area contributed by atoms with Crippen molar-refractivity contribution >= 4 is 18.2 Å². The third-order valence-electron chi connectivity index (χ3n) is 4.10. The van der Waals surface area contributed by atoms with Crippen molar-refractivity contribution in [2.75, 3.05) is 26.2 Å². The van der Waals surface area contributed by atoms with Gasteiger partial charge in [-0.2, -0.15) is 0 Å². The molecule has 0 N–H and O–H groups in total. The molecule has 3 aliphatic rings. The van der Waals surface area contributed by atoms with Crippen LogP contribution in [0, 0.1) is 0 Å². The van der Waals surface area contributed by atoms with Gasteiger partial charge in [-0.25, -0.2) is 9.79 Å². The Labute approximate surface area is 120 Å². The molecule has 0 bridgehead atoms. The van der Waals surface area contributed by atoms with Gasteiger partial charge in [0.2, 0.25) is 0 Å². The maximum Gasteiger partial charge on any atom is 0.327 e. The molecule has 2 amide bonds. The summed E-state index contributed by atoms with van der Waals surface area (Å²) in [5, 5.41) is 0. The first-order valence-electron chi connectivity index (χ1n) is 7.69. The number of fused-ring (bicyclic) bond motifs is 3. The minimum Gasteiger partial charge on any atom is -0.349 e. The molecule has 0 saturated carbocycles. The fraction of sp³-hybridized carbons (Fsp3) is 0.786. The number of hydrogen-bond acceptors (Lipinski definition) is 4. The number of carbonyl (C=O) groups is 1. The Morgan fingerprint density at radius 3 is 2.85 bits per heavy atom. The smallest absolute Gasteiger partial charge is 0.327 e. The lowest BCUT2D eigenvalue weighted by molar-refractivity contribution is 0.118. The molecule has 0 radical (unpaired) electrons. The second-order valence-electron chi connectivity index (χ2n) is 5.58. The molecule has 6 heteroatoms. The first-order valence-corrected chi connectivity index (χ1v) is 7.69. The molecule has 0 spiro atoms. The molecule has 3 rings (SSSR count). The summed E-state index contributed by atoms with van der Waals surface area (Å²) in [6.07, 6.45) is 4.82. The largest absolute Gasteiger partial charge is 0.349 e. The minimum atomic E-state index is -0.0814. The molecular formula is C14H23N5O. The molecule has 110 valence electrons. The first-order chi connectivity index (χ1) is 9.77. The van der Waals surface area contributed by atoms with Gasteiger partial charge >= 0.3 is 6.03 Å². The van der Waals surface area contributed by atoms with E-state index in [1.165, 1.54) is 0 Å². The van der Waals surface area contributed by atoms with Crippen molar-refractivity contribution < 1.29 is 4.79 Å². The van der Waals surface area contributed by atoms with Crippen LogP contribution in [0.5, 0.6) is 0 Å². The average Bonchev–Trinajstić information content (AvgIpc) is 2.88. The van der Waals surface area contributed by atoms with Crippen LogP contribution in [0.3, 0.4) is 0 Å². The van der Waals surface area contributed by atoms with E-state index in [-0.39, 0.29) is 18.2 Å². The van der Waals surface area contributed by atoms with Crippen LogP contribution in [0.2, 0.25) is 0 Å². The lowest BCUT2D eigenvalue weighted by Crippen LogP contribution is -2.66. The van der Waals surface area contributed by atoms with Gasteiger partial charge < -0.3 is 4.90 Å². The monoisotopic (exact) mass is 277 g/mol. The van der Waals surface area contributed by atoms with E-state index in [0.717, 1.165) is 51.3 Å². The van der Waals surface area contributed by atoms with Gasteiger partial charge in [-0.05, 0) is 19.3 Å². The van der Waals surface area contributed by atoms with Crippen LogP contribution in [0.4, 0.5) is 4.79 Å². The number of hydrogen-bond donors (Lipinski definition) is 0. The Morgan fingerprint density at radius 1 is 1.30 bits per heavy atom. The van der Waals surface area contributed by atoms with E-state index < -0.39 is 0 Å². The molecule has 0 aromatic heterocycles. The van der Waals surface area contributed by atoms with Crippen LogP contribution in [-0.4, -0.2) is 71.3 Å². The van der Waals surface area contributed by atoms with Crippen LogP contribution in [-0.2, 0) is 0 Å². The van der Waals surface area contributed by atoms with Crippen molar-refractivity contribution in [2.24, 2.45) is 9.98 Å². The molecule has 20 heavy (non-hydrogen) atoms. The third kappa shape index (κ3) is 1.98. The Morgan fingerprint density at radius 2 is 2.10 bits per heavy atom. The molecule has 2 unspecified atom stereocenters. The number of amidine groups is 1. The number of aliphatic imine (C=N–C) groups is 2. The maximum atomic E-state index is 12.6. The fourth-order valence-electron chi connectivity index (χ4n) is 3.27. The van der Waals surface area contributed by atoms with Crippen molar-refractivity contribution in [3.05, 3.63) is 0 Å². The summed E-state index contributed by atoms with van der Waals surface area (Å²) < 4.78 is 0. The second-order valence-corrected chi connectivity index (χ2v) is 5.58. The Balaban J connectivity index is 1.94. The van der Waals surface area contributed by atoms with E-state index in [1.807, 2.05) is 16.1 Å². The molecule has 2 atom stereocenters. The van der Waals surface area contributed by atoms with Gasteiger partial charge in [-0.15, -0.1) is 0 Å². The predicted molar refractivity (Wildman–Crippen MR) is 79.1 cm³/mol. The van der Waals surface area contributed by atoms with Crippen molar-refractivity contribution in [1.29, 1.82) is 0 Å². The quantitative estimate of drug-likeness (QED) is 0.779. The summed E-state index contributed by atoms with van der Waals surface area (Å²) in [6.45, 7) is 7.62. The molecule has 1 fully saturated rings. The number of urea groups is 1. The fourth-order valence-corrected chi connectivity index (χ4v) is 3.27. The minimum absolute atomic E-state index is 0.0814. The van der Waals surface area contributed by atoms with E-state index in [9.17, 15) is 4.79 Å². The van der Waals surface area contributed by atoms with Crippen LogP contribution >= 0.6 is 0 Å². The number of amides is 2. The number of nitrogens with zero attached hydrogens (tertiary/aromatic N) is 5. The molecule has 6 nitrogen and oxygen atoms in total. The van der Waals surface area contributed by atoms with Gasteiger partial charge in [0.05, 0.1) is 6.34 Å². The first kappa shape index (κ1) is 13.4. The number of rotatable bonds is 4. The topological polar surface area (TPSA) is 51.5 Å². The highest BCUT2D eigenvalue weighted by Crippen LogP contribution is 2.29. The molecule has 0 aromatic rings. The van der Waals surface area contributed by atoms with Crippen molar-refractivity contribution in [1.82, 2.24) is 14.7 Å². The molecule has 1 saturated heterocycles. The highest BCUT2D eigenvalue weighted by Gasteiger charge is 2.49. The maximum absolute atomic E-state index is 12.6. The highest BCUT2D eigenvalue weighted by atomic mass is 16.2. The molecule has 3 heterocycles. The summed E-state index contributed by atoms with van der Waals surface area (Å²) in [5.74, 6) is 0.935. The van der Waals surface area contributed by atoms with Crippen LogP contribution < -0.4 is 0 Å². The molecule has 0 aromatic carbocycles. The Hall–Kier alpha value is -1.59. The SMILES string of the molecule is CCCN1C=NC2C1C1=NCCCN1C(=O)N2CCC. The standard InChI is InChI=1S/C14H23N5O/c1-3-7-17-10-16-13-11(17)12-15-6-5-9-19(12)14(20)18(13)8-4-2/h10-11,13H,3-9H2,1-2H3. The summed E-state index contributed by atoms with van der Waals surface area (Å²) in [4.78, 5) is 27.9. The zero-order valence-electron chi connectivity index (χ0n) is 12.3. The zero-order valence-corrected chi connectivity index (χ0v) is 12.3. The number of carbonyl (C=O) groups excluding carboxylic acids is 1. The van der Waals surface area contributed by atoms with Gasteiger partial charge in [0.1, 0.15) is 11.9 Å². The van der Waals surface area contributed by atoms with Gasteiger partial charge in [0.15, 0.2) is 6.17 Å². The van der Waals surface area contributed by atoms with Crippen molar-refractivity contribution in [3.8, 4) is 0 Å². The third-order valence-corrected chi connectivity index (χ3v) is 4.10. The van der Waals surface area contributed by atoms with Crippen LogP contribution in [0.15, 0.2) is 9.98 Å².